The lowest BCUT2D eigenvalue weighted by Crippen LogP contribution is -2.16. The number of furan rings is 2. The molecule has 0 amide bonds. The van der Waals surface area contributed by atoms with Crippen molar-refractivity contribution in [3.63, 3.8) is 0 Å². The van der Waals surface area contributed by atoms with Crippen molar-refractivity contribution in [1.82, 2.24) is 4.98 Å². The zero-order valence-corrected chi connectivity index (χ0v) is 72.4. The van der Waals surface area contributed by atoms with Crippen LogP contribution in [0, 0.1) is 0 Å². The third-order valence-electron chi connectivity index (χ3n) is 13.6. The van der Waals surface area contributed by atoms with Crippen LogP contribution >= 0.6 is 22.7 Å². The third-order valence-corrected chi connectivity index (χ3v) is 16.9. The number of hydrogen-bond acceptors (Lipinski definition) is 5. The summed E-state index contributed by atoms with van der Waals surface area (Å²) >= 11 is 3.83. The van der Waals surface area contributed by atoms with E-state index in [9.17, 15) is 0 Å². The highest BCUT2D eigenvalue weighted by molar-refractivity contribution is 7.12. The largest absolute Gasteiger partial charge is 0.468 e. The molecule has 0 aliphatic heterocycles. The second-order valence-electron chi connectivity index (χ2n) is 34.8. The fourth-order valence-electron chi connectivity index (χ4n) is 7.25. The average molecular weight is 1330 g/mol. The summed E-state index contributed by atoms with van der Waals surface area (Å²) in [6, 6.07) is 24.4. The van der Waals surface area contributed by atoms with Gasteiger partial charge in [-0.2, -0.15) is 0 Å². The lowest BCUT2D eigenvalue weighted by molar-refractivity contribution is 0.344. The number of thiophene rings is 2. The van der Waals surface area contributed by atoms with Crippen molar-refractivity contribution in [3.8, 4) is 0 Å². The molecule has 6 rings (SSSR count). The van der Waals surface area contributed by atoms with E-state index in [-0.39, 0.29) is 50.7 Å². The molecular formula is C88H163NO2S2. The van der Waals surface area contributed by atoms with Gasteiger partial charge in [-0.05, 0) is 124 Å². The van der Waals surface area contributed by atoms with Gasteiger partial charge in [0.15, 0.2) is 0 Å². The van der Waals surface area contributed by atoms with Crippen molar-refractivity contribution in [2.45, 2.75) is 405 Å². The van der Waals surface area contributed by atoms with Crippen molar-refractivity contribution in [2.24, 2.45) is 0 Å². The summed E-state index contributed by atoms with van der Waals surface area (Å²) in [6.45, 7) is 104. The maximum absolute atomic E-state index is 5.81. The smallest absolute Gasteiger partial charge is 0.109 e. The zero-order valence-electron chi connectivity index (χ0n) is 70.7. The van der Waals surface area contributed by atoms with Crippen LogP contribution in [0.25, 0.3) is 0 Å². The van der Waals surface area contributed by atoms with Crippen LogP contribution in [0.1, 0.15) is 405 Å². The monoisotopic (exact) mass is 1330 g/mol. The normalized spacial score (nSPS) is 11.8. The van der Waals surface area contributed by atoms with E-state index in [0.29, 0.717) is 21.7 Å². The van der Waals surface area contributed by atoms with Crippen LogP contribution in [0.4, 0.5) is 0 Å². The summed E-state index contributed by atoms with van der Waals surface area (Å²) in [5.74, 6) is 3.20. The van der Waals surface area contributed by atoms with Gasteiger partial charge in [0.05, 0.1) is 6.26 Å². The van der Waals surface area contributed by atoms with Crippen LogP contribution in [0.15, 0.2) is 99.6 Å². The minimum absolute atomic E-state index is 0. The quantitative estimate of drug-likeness (QED) is 0.152. The van der Waals surface area contributed by atoms with Crippen LogP contribution in [-0.4, -0.2) is 4.98 Å². The molecule has 0 aliphatic carbocycles. The number of rotatable bonds is 0. The van der Waals surface area contributed by atoms with E-state index in [0.717, 1.165) is 17.3 Å². The summed E-state index contributed by atoms with van der Waals surface area (Å²) in [4.78, 5) is 8.77. The van der Waals surface area contributed by atoms with Gasteiger partial charge in [-0.1, -0.05) is 370 Å². The molecule has 0 radical (unpaired) electrons. The Labute approximate surface area is 593 Å². The molecule has 6 aromatic rings. The molecule has 0 saturated heterocycles. The van der Waals surface area contributed by atoms with Gasteiger partial charge in [-0.15, -0.1) is 22.7 Å². The summed E-state index contributed by atoms with van der Waals surface area (Å²) in [6.07, 6.45) is 5.81. The van der Waals surface area contributed by atoms with Crippen LogP contribution in [0.2, 0.25) is 0 Å². The molecular weight excluding hydrogens is 1170 g/mol. The van der Waals surface area contributed by atoms with Crippen molar-refractivity contribution in [3.05, 3.63) is 156 Å². The first-order valence-electron chi connectivity index (χ1n) is 35.7. The molecule has 0 aliphatic rings. The van der Waals surface area contributed by atoms with Gasteiger partial charge < -0.3 is 8.83 Å². The molecule has 0 spiro atoms. The molecule has 5 heteroatoms. The van der Waals surface area contributed by atoms with E-state index >= 15 is 0 Å². The molecule has 0 saturated carbocycles. The Morgan fingerprint density at radius 3 is 0.742 bits per heavy atom. The van der Waals surface area contributed by atoms with Gasteiger partial charge in [0.1, 0.15) is 17.3 Å². The summed E-state index contributed by atoms with van der Waals surface area (Å²) in [5, 5.41) is 2.29. The predicted octanol–water partition coefficient (Wildman–Crippen LogP) is 31.2. The molecule has 5 aromatic heterocycles. The number of hydrogen-bond donors (Lipinski definition) is 0. The van der Waals surface area contributed by atoms with Gasteiger partial charge in [0.2, 0.25) is 0 Å². The fraction of sp³-hybridized carbons (Fsp3) is 0.693. The minimum Gasteiger partial charge on any atom is -0.468 e. The topological polar surface area (TPSA) is 39.2 Å². The Morgan fingerprint density at radius 2 is 0.548 bits per heavy atom. The van der Waals surface area contributed by atoms with Crippen LogP contribution in [-0.2, 0) is 65.0 Å². The van der Waals surface area contributed by atoms with E-state index < -0.39 is 0 Å². The number of pyridine rings is 1. The maximum atomic E-state index is 5.81. The van der Waals surface area contributed by atoms with Gasteiger partial charge in [0, 0.05) is 43.3 Å². The lowest BCUT2D eigenvalue weighted by Gasteiger charge is -2.24. The Hall–Kier alpha value is -3.67. The molecule has 1 aromatic carbocycles. The molecule has 0 bridgehead atoms. The SMILES string of the molecule is C.CC.CC.CC.CC.CC.CC.CC(C)(C)c1ccc(C(C)(C)C)o1.CC(C)(C)c1ccc(C(C)(C)C)s1.CC(C)(C)c1cccc(C(C)(C)C)c1.CC(C)(C)c1cncc(C(C)(C)C)c1.CC(C)(C)c1coc(C(C)(C)C)c1.CC(C)(C)c1csc(C(C)(C)C)c1. The Kier molecular flexibility index (Phi) is 48.2. The van der Waals surface area contributed by atoms with Gasteiger partial charge in [0.25, 0.3) is 0 Å². The Morgan fingerprint density at radius 1 is 0.269 bits per heavy atom. The molecule has 544 valence electrons. The van der Waals surface area contributed by atoms with E-state index in [1.807, 2.05) is 124 Å². The highest BCUT2D eigenvalue weighted by Crippen LogP contribution is 2.37. The van der Waals surface area contributed by atoms with Gasteiger partial charge >= 0.3 is 0 Å². The van der Waals surface area contributed by atoms with Crippen LogP contribution in [0.5, 0.6) is 0 Å². The molecule has 93 heavy (non-hydrogen) atoms. The number of aromatic nitrogens is 1. The van der Waals surface area contributed by atoms with E-state index in [1.165, 1.54) is 48.0 Å². The van der Waals surface area contributed by atoms with Gasteiger partial charge in [-0.3, -0.25) is 4.98 Å². The molecule has 0 N–H and O–H groups in total. The lowest BCUT2D eigenvalue weighted by atomic mass is 9.81. The minimum atomic E-state index is 0. The van der Waals surface area contributed by atoms with Crippen molar-refractivity contribution in [2.75, 3.05) is 0 Å². The summed E-state index contributed by atoms with van der Waals surface area (Å²) < 4.78 is 11.4. The predicted molar refractivity (Wildman–Crippen MR) is 436 cm³/mol. The molecule has 0 fully saturated rings. The van der Waals surface area contributed by atoms with E-state index in [2.05, 4.69) is 326 Å². The van der Waals surface area contributed by atoms with E-state index in [1.54, 1.807) is 0 Å². The highest BCUT2D eigenvalue weighted by atomic mass is 32.1. The molecule has 5 heterocycles. The molecule has 0 unspecified atom stereocenters. The zero-order chi connectivity index (χ0) is 75.1. The number of nitrogens with zero attached hydrogens (tertiary/aromatic N) is 1. The van der Waals surface area contributed by atoms with Crippen molar-refractivity contribution >= 4 is 22.7 Å². The van der Waals surface area contributed by atoms with Crippen molar-refractivity contribution < 1.29 is 8.83 Å². The fourth-order valence-corrected chi connectivity index (χ4v) is 9.59. The first-order valence-corrected chi connectivity index (χ1v) is 37.4. The first-order chi connectivity index (χ1) is 41.3. The second kappa shape index (κ2) is 43.6. The Balaban J connectivity index is -0.000000184. The highest BCUT2D eigenvalue weighted by Gasteiger charge is 2.27. The molecule has 0 atom stereocenters. The summed E-state index contributed by atoms with van der Waals surface area (Å²) in [7, 11) is 0. The third kappa shape index (κ3) is 42.6. The average Bonchev–Trinajstić information content (AvgIpc) is 1.65. The van der Waals surface area contributed by atoms with Crippen LogP contribution < -0.4 is 0 Å². The standard InChI is InChI=1S/C14H22.C13H21N.2C12H20O.2C12H20S.6C2H6.CH4/c1-13(2,3)11-8-7-9-12(10-11)14(4,5)6;1-12(2,3)10-7-11(9-14-8-10)13(4,5)6;1-11(2,3)9-7-10(13-8-9)12(4,5)6;1-11(2,3)9-7-8-10(13-9)12(4,5)6;1-11(2,3)9-7-10(13-8-9)12(4,5)6;1-11(2,3)9-7-8-10(13-9)12(4,5)6;6*1-2;/h7-10H,1-6H3;7-9H,1-6H3;4*7-8H,1-6H3;6*1-2H3;1H4. The van der Waals surface area contributed by atoms with Gasteiger partial charge in [-0.25, -0.2) is 0 Å². The number of benzene rings is 1. The molecule has 3 nitrogen and oxygen atoms in total. The Bertz CT molecular complexity index is 2260. The van der Waals surface area contributed by atoms with Crippen molar-refractivity contribution in [1.29, 1.82) is 0 Å². The van der Waals surface area contributed by atoms with E-state index in [4.69, 9.17) is 8.83 Å². The van der Waals surface area contributed by atoms with Crippen LogP contribution in [0.3, 0.4) is 0 Å². The maximum Gasteiger partial charge on any atom is 0.109 e. The second-order valence-corrected chi connectivity index (χ2v) is 36.8. The first kappa shape index (κ1) is 103. The summed E-state index contributed by atoms with van der Waals surface area (Å²) in [5.41, 5.74) is 10.8.